The summed E-state index contributed by atoms with van der Waals surface area (Å²) in [6, 6.07) is 0. The van der Waals surface area contributed by atoms with Crippen molar-refractivity contribution in [2.24, 2.45) is 0 Å². The van der Waals surface area contributed by atoms with Crippen LogP contribution < -0.4 is 0 Å². The molecule has 0 rings (SSSR count). The van der Waals surface area contributed by atoms with Crippen molar-refractivity contribution in [1.82, 2.24) is 0 Å². The predicted molar refractivity (Wildman–Crippen MR) is 146 cm³/mol. The summed E-state index contributed by atoms with van der Waals surface area (Å²) in [7, 11) is 0. The standard InChI is InChI=1S/C14H26O2.C6H14O2.2C4H6O2/c1-4-5-6-7-8-9-10-11-12-16-14(15)13(2)3;1-2-3-4-5-6(7)8;2*1-3(2)4(5)6/h2,4-12H2,1,3H3;6-8H,2-5H2,1H3;2*1H2,2H3,(H,5,6). The molecule has 0 aromatic carbocycles. The highest BCUT2D eigenvalue weighted by Crippen LogP contribution is 2.08. The third-order valence-corrected chi connectivity index (χ3v) is 4.38. The van der Waals surface area contributed by atoms with Gasteiger partial charge in [-0.05, 0) is 40.0 Å². The lowest BCUT2D eigenvalue weighted by molar-refractivity contribution is -0.139. The maximum atomic E-state index is 11.0. The quantitative estimate of drug-likeness (QED) is 0.0797. The molecule has 0 spiro atoms. The number of carbonyl (C=O) groups excluding carboxylic acids is 1. The van der Waals surface area contributed by atoms with Gasteiger partial charge in [0.25, 0.3) is 0 Å². The number of aliphatic carboxylic acids is 2. The first-order valence-corrected chi connectivity index (χ1v) is 12.7. The van der Waals surface area contributed by atoms with Gasteiger partial charge in [-0.2, -0.15) is 0 Å². The molecule has 0 heterocycles. The van der Waals surface area contributed by atoms with E-state index in [9.17, 15) is 14.4 Å². The van der Waals surface area contributed by atoms with E-state index < -0.39 is 18.2 Å². The molecular weight excluding hydrogens is 464 g/mol. The molecule has 0 aromatic heterocycles. The first-order chi connectivity index (χ1) is 16.7. The smallest absolute Gasteiger partial charge is 0.333 e. The zero-order valence-corrected chi connectivity index (χ0v) is 23.3. The van der Waals surface area contributed by atoms with Crippen LogP contribution in [0.4, 0.5) is 0 Å². The SMILES string of the molecule is C=C(C)C(=O)O.C=C(C)C(=O)O.C=C(C)C(=O)OCCCCCCCCCC.CCCCCC(O)O. The lowest BCUT2D eigenvalue weighted by Gasteiger charge is -2.04. The van der Waals surface area contributed by atoms with E-state index in [1.807, 2.05) is 0 Å². The van der Waals surface area contributed by atoms with E-state index in [-0.39, 0.29) is 17.1 Å². The average Bonchev–Trinajstić information content (AvgIpc) is 2.78. The molecule has 36 heavy (non-hydrogen) atoms. The fraction of sp³-hybridized carbons (Fsp3) is 0.679. The van der Waals surface area contributed by atoms with Crippen LogP contribution in [0.5, 0.6) is 0 Å². The van der Waals surface area contributed by atoms with E-state index in [0.29, 0.717) is 18.6 Å². The van der Waals surface area contributed by atoms with E-state index in [1.54, 1.807) is 6.92 Å². The topological polar surface area (TPSA) is 141 Å². The number of aliphatic hydroxyl groups is 2. The fourth-order valence-electron chi connectivity index (χ4n) is 2.10. The maximum absolute atomic E-state index is 11.0. The molecule has 0 saturated carbocycles. The highest BCUT2D eigenvalue weighted by molar-refractivity contribution is 5.87. The summed E-state index contributed by atoms with van der Waals surface area (Å²) in [5, 5.41) is 32.5. The Kier molecular flexibility index (Phi) is 34.6. The Balaban J connectivity index is -0.000000213. The molecule has 212 valence electrons. The summed E-state index contributed by atoms with van der Waals surface area (Å²) >= 11 is 0. The molecule has 8 nitrogen and oxygen atoms in total. The molecule has 0 fully saturated rings. The van der Waals surface area contributed by atoms with E-state index in [0.717, 1.165) is 32.1 Å². The number of carbonyl (C=O) groups is 3. The minimum Gasteiger partial charge on any atom is -0.478 e. The van der Waals surface area contributed by atoms with Crippen molar-refractivity contribution < 1.29 is 39.5 Å². The van der Waals surface area contributed by atoms with Crippen LogP contribution in [0.25, 0.3) is 0 Å². The van der Waals surface area contributed by atoms with E-state index in [1.165, 1.54) is 52.4 Å². The van der Waals surface area contributed by atoms with Crippen molar-refractivity contribution in [3.8, 4) is 0 Å². The fourth-order valence-corrected chi connectivity index (χ4v) is 2.10. The monoisotopic (exact) mass is 516 g/mol. The van der Waals surface area contributed by atoms with Gasteiger partial charge in [0.1, 0.15) is 0 Å². The minimum atomic E-state index is -1.10. The van der Waals surface area contributed by atoms with Crippen LogP contribution in [0.1, 0.15) is 112 Å². The Bertz CT molecular complexity index is 561. The van der Waals surface area contributed by atoms with Crippen LogP contribution in [-0.4, -0.2) is 51.2 Å². The van der Waals surface area contributed by atoms with Crippen LogP contribution in [0, 0.1) is 0 Å². The van der Waals surface area contributed by atoms with Gasteiger partial charge in [-0.1, -0.05) is 91.4 Å². The molecule has 0 radical (unpaired) electrons. The van der Waals surface area contributed by atoms with Gasteiger partial charge in [0.05, 0.1) is 6.61 Å². The number of hydrogen-bond donors (Lipinski definition) is 4. The number of ether oxygens (including phenoxy) is 1. The van der Waals surface area contributed by atoms with Crippen molar-refractivity contribution in [3.05, 3.63) is 36.5 Å². The van der Waals surface area contributed by atoms with Gasteiger partial charge >= 0.3 is 17.9 Å². The van der Waals surface area contributed by atoms with Crippen molar-refractivity contribution in [3.63, 3.8) is 0 Å². The molecular formula is C28H52O8. The summed E-state index contributed by atoms with van der Waals surface area (Å²) in [4.78, 5) is 30.2. The second-order valence-corrected chi connectivity index (χ2v) is 8.54. The molecule has 0 aliphatic heterocycles. The second kappa shape index (κ2) is 30.6. The predicted octanol–water partition coefficient (Wildman–Crippen LogP) is 6.42. The van der Waals surface area contributed by atoms with Gasteiger partial charge in [0.15, 0.2) is 6.29 Å². The molecule has 0 aliphatic rings. The zero-order chi connectivity index (χ0) is 28.9. The normalized spacial score (nSPS) is 9.33. The summed E-state index contributed by atoms with van der Waals surface area (Å²) in [6.07, 6.45) is 12.7. The van der Waals surface area contributed by atoms with Crippen LogP contribution in [-0.2, 0) is 19.1 Å². The lowest BCUT2D eigenvalue weighted by Crippen LogP contribution is -2.05. The molecule has 0 amide bonds. The van der Waals surface area contributed by atoms with Gasteiger partial charge in [-0.15, -0.1) is 0 Å². The van der Waals surface area contributed by atoms with Gasteiger partial charge < -0.3 is 25.2 Å². The number of unbranched alkanes of at least 4 members (excludes halogenated alkanes) is 9. The number of carboxylic acid groups (broad SMARTS) is 2. The summed E-state index contributed by atoms with van der Waals surface area (Å²) < 4.78 is 5.01. The molecule has 8 heteroatoms. The zero-order valence-electron chi connectivity index (χ0n) is 23.3. The van der Waals surface area contributed by atoms with Crippen LogP contribution >= 0.6 is 0 Å². The van der Waals surface area contributed by atoms with E-state index in [2.05, 4.69) is 33.6 Å². The Morgan fingerprint density at radius 1 is 0.639 bits per heavy atom. The minimum absolute atomic E-state index is 0.176. The number of rotatable bonds is 16. The molecule has 4 N–H and O–H groups in total. The van der Waals surface area contributed by atoms with Crippen LogP contribution in [0.3, 0.4) is 0 Å². The number of esters is 1. The first kappa shape index (κ1) is 40.7. The van der Waals surface area contributed by atoms with Gasteiger partial charge in [-0.25, -0.2) is 14.4 Å². The Hall–Kier alpha value is -2.45. The van der Waals surface area contributed by atoms with E-state index in [4.69, 9.17) is 25.2 Å². The van der Waals surface area contributed by atoms with Gasteiger partial charge in [-0.3, -0.25) is 0 Å². The van der Waals surface area contributed by atoms with Crippen molar-refractivity contribution >= 4 is 17.9 Å². The number of aliphatic hydroxyl groups excluding tert-OH is 1. The largest absolute Gasteiger partial charge is 0.478 e. The highest BCUT2D eigenvalue weighted by atomic mass is 16.5. The summed E-state index contributed by atoms with van der Waals surface area (Å²) in [6.45, 7) is 19.3. The van der Waals surface area contributed by atoms with Crippen molar-refractivity contribution in [1.29, 1.82) is 0 Å². The summed E-state index contributed by atoms with van der Waals surface area (Å²) in [5.74, 6) is -2.13. The Morgan fingerprint density at radius 2 is 0.972 bits per heavy atom. The maximum Gasteiger partial charge on any atom is 0.333 e. The van der Waals surface area contributed by atoms with Crippen molar-refractivity contribution in [2.75, 3.05) is 6.61 Å². The van der Waals surface area contributed by atoms with Crippen molar-refractivity contribution in [2.45, 2.75) is 118 Å². The highest BCUT2D eigenvalue weighted by Gasteiger charge is 2.01. The van der Waals surface area contributed by atoms with Crippen LogP contribution in [0.15, 0.2) is 36.5 Å². The second-order valence-electron chi connectivity index (χ2n) is 8.54. The average molecular weight is 517 g/mol. The molecule has 0 saturated heterocycles. The molecule has 0 atom stereocenters. The first-order valence-electron chi connectivity index (χ1n) is 12.7. The third-order valence-electron chi connectivity index (χ3n) is 4.38. The molecule has 0 aromatic rings. The summed E-state index contributed by atoms with van der Waals surface area (Å²) in [5.41, 5.74) is 0.838. The third kappa shape index (κ3) is 45.1. The molecule has 0 unspecified atom stereocenters. The molecule has 0 bridgehead atoms. The molecule has 0 aliphatic carbocycles. The van der Waals surface area contributed by atoms with Gasteiger partial charge in [0.2, 0.25) is 0 Å². The number of carboxylic acids is 2. The Morgan fingerprint density at radius 3 is 1.28 bits per heavy atom. The lowest BCUT2D eigenvalue weighted by atomic mass is 10.1. The van der Waals surface area contributed by atoms with E-state index >= 15 is 0 Å². The van der Waals surface area contributed by atoms with Crippen LogP contribution in [0.2, 0.25) is 0 Å². The Labute approximate surface area is 218 Å². The van der Waals surface area contributed by atoms with Gasteiger partial charge in [0, 0.05) is 16.7 Å². The number of hydrogen-bond acceptors (Lipinski definition) is 6.